The number of amides is 2. The number of carbonyl (C=O) groups is 2. The van der Waals surface area contributed by atoms with E-state index >= 15 is 0 Å². The number of nitrogens with zero attached hydrogens (tertiary/aromatic N) is 2. The number of ether oxygens (including phenoxy) is 1. The van der Waals surface area contributed by atoms with Gasteiger partial charge in [0.05, 0.1) is 17.5 Å². The van der Waals surface area contributed by atoms with Crippen LogP contribution in [0.5, 0.6) is 5.75 Å². The lowest BCUT2D eigenvalue weighted by Gasteiger charge is -2.17. The van der Waals surface area contributed by atoms with Crippen molar-refractivity contribution in [2.24, 2.45) is 17.8 Å². The minimum absolute atomic E-state index is 0.0248. The molecule has 2 aliphatic rings. The summed E-state index contributed by atoms with van der Waals surface area (Å²) in [5.41, 5.74) is 0.580. The molecule has 1 saturated heterocycles. The molecule has 108 valence electrons. The van der Waals surface area contributed by atoms with Crippen LogP contribution in [0.2, 0.25) is 0 Å². The van der Waals surface area contributed by atoms with Gasteiger partial charge in [0.15, 0.2) is 6.61 Å². The molecule has 1 aromatic carbocycles. The predicted octanol–water partition coefficient (Wildman–Crippen LogP) is 2.12. The number of fused-ring (bicyclic) bond motifs is 1. The number of nitriles is 1. The summed E-state index contributed by atoms with van der Waals surface area (Å²) in [6.07, 6.45) is 1.60. The van der Waals surface area contributed by atoms with Gasteiger partial charge in [-0.2, -0.15) is 5.26 Å². The number of imide groups is 1. The molecule has 0 aromatic heterocycles. The van der Waals surface area contributed by atoms with Crippen LogP contribution in [0, 0.1) is 29.1 Å². The topological polar surface area (TPSA) is 70.4 Å². The summed E-state index contributed by atoms with van der Waals surface area (Å²) in [4.78, 5) is 26.2. The molecule has 0 spiro atoms. The van der Waals surface area contributed by atoms with Crippen LogP contribution >= 0.6 is 0 Å². The average Bonchev–Trinajstić information content (AvgIpc) is 2.97. The highest BCUT2D eigenvalue weighted by Crippen LogP contribution is 2.44. The normalized spacial score (nSPS) is 27.6. The SMILES string of the molecule is CC1CC2C(=O)N(c3ccc(OCC#N)cc3)C(=O)C2C1. The van der Waals surface area contributed by atoms with Gasteiger partial charge in [-0.15, -0.1) is 0 Å². The molecule has 0 bridgehead atoms. The average molecular weight is 284 g/mol. The fraction of sp³-hybridized carbons (Fsp3) is 0.438. The molecule has 5 heteroatoms. The highest BCUT2D eigenvalue weighted by atomic mass is 16.5. The van der Waals surface area contributed by atoms with Crippen LogP contribution in [0.1, 0.15) is 19.8 Å². The molecule has 2 atom stereocenters. The number of hydrogen-bond donors (Lipinski definition) is 0. The van der Waals surface area contributed by atoms with E-state index < -0.39 is 0 Å². The molecule has 1 aliphatic carbocycles. The van der Waals surface area contributed by atoms with Crippen molar-refractivity contribution in [2.75, 3.05) is 11.5 Å². The third kappa shape index (κ3) is 2.27. The Hall–Kier alpha value is -2.35. The van der Waals surface area contributed by atoms with E-state index in [4.69, 9.17) is 10.00 Å². The van der Waals surface area contributed by atoms with Crippen LogP contribution in [0.25, 0.3) is 0 Å². The number of hydrogen-bond acceptors (Lipinski definition) is 4. The van der Waals surface area contributed by atoms with Crippen molar-refractivity contribution in [1.82, 2.24) is 0 Å². The second-order valence-corrected chi connectivity index (χ2v) is 5.74. The maximum absolute atomic E-state index is 12.4. The predicted molar refractivity (Wildman–Crippen MR) is 75.4 cm³/mol. The Labute approximate surface area is 123 Å². The van der Waals surface area contributed by atoms with Gasteiger partial charge in [-0.3, -0.25) is 14.5 Å². The highest BCUT2D eigenvalue weighted by Gasteiger charge is 2.52. The van der Waals surface area contributed by atoms with Crippen molar-refractivity contribution in [1.29, 1.82) is 5.26 Å². The first-order chi connectivity index (χ1) is 10.1. The van der Waals surface area contributed by atoms with Gasteiger partial charge in [-0.25, -0.2) is 0 Å². The van der Waals surface area contributed by atoms with Crippen LogP contribution in [0.4, 0.5) is 5.69 Å². The molecule has 2 fully saturated rings. The monoisotopic (exact) mass is 284 g/mol. The summed E-state index contributed by atoms with van der Waals surface area (Å²) in [6.45, 7) is 2.06. The number of anilines is 1. The van der Waals surface area contributed by atoms with Crippen molar-refractivity contribution in [2.45, 2.75) is 19.8 Å². The molecule has 5 nitrogen and oxygen atoms in total. The Bertz CT molecular complexity index is 593. The van der Waals surface area contributed by atoms with E-state index in [0.717, 1.165) is 12.8 Å². The van der Waals surface area contributed by atoms with Gasteiger partial charge in [0.1, 0.15) is 11.8 Å². The van der Waals surface area contributed by atoms with Crippen molar-refractivity contribution in [3.05, 3.63) is 24.3 Å². The zero-order chi connectivity index (χ0) is 15.0. The van der Waals surface area contributed by atoms with Crippen LogP contribution in [0.3, 0.4) is 0 Å². The van der Waals surface area contributed by atoms with E-state index in [1.54, 1.807) is 24.3 Å². The van der Waals surface area contributed by atoms with E-state index in [9.17, 15) is 9.59 Å². The molecular weight excluding hydrogens is 268 g/mol. The van der Waals surface area contributed by atoms with Gasteiger partial charge < -0.3 is 4.74 Å². The molecule has 2 amide bonds. The van der Waals surface area contributed by atoms with E-state index in [2.05, 4.69) is 6.92 Å². The Morgan fingerprint density at radius 3 is 2.29 bits per heavy atom. The summed E-state index contributed by atoms with van der Waals surface area (Å²) in [5.74, 6) is 0.522. The molecule has 3 rings (SSSR count). The van der Waals surface area contributed by atoms with Gasteiger partial charge in [0.25, 0.3) is 0 Å². The van der Waals surface area contributed by atoms with Crippen LogP contribution in [0.15, 0.2) is 24.3 Å². The number of rotatable bonds is 3. The van der Waals surface area contributed by atoms with Gasteiger partial charge in [-0.1, -0.05) is 6.92 Å². The first-order valence-electron chi connectivity index (χ1n) is 7.09. The zero-order valence-corrected chi connectivity index (χ0v) is 11.8. The van der Waals surface area contributed by atoms with Crippen LogP contribution in [-0.2, 0) is 9.59 Å². The second kappa shape index (κ2) is 5.21. The molecule has 1 aromatic rings. The minimum Gasteiger partial charge on any atom is -0.479 e. The van der Waals surface area contributed by atoms with Gasteiger partial charge >= 0.3 is 0 Å². The maximum atomic E-state index is 12.4. The molecule has 2 unspecified atom stereocenters. The molecule has 1 aliphatic heterocycles. The summed E-state index contributed by atoms with van der Waals surface area (Å²) < 4.78 is 5.17. The van der Waals surface area contributed by atoms with Gasteiger partial charge in [0.2, 0.25) is 11.8 Å². The van der Waals surface area contributed by atoms with Crippen molar-refractivity contribution in [3.63, 3.8) is 0 Å². The Kier molecular flexibility index (Phi) is 3.38. The van der Waals surface area contributed by atoms with Crippen LogP contribution < -0.4 is 9.64 Å². The Balaban J connectivity index is 1.80. The molecule has 1 saturated carbocycles. The lowest BCUT2D eigenvalue weighted by molar-refractivity contribution is -0.123. The van der Waals surface area contributed by atoms with Crippen molar-refractivity contribution in [3.8, 4) is 11.8 Å². The second-order valence-electron chi connectivity index (χ2n) is 5.74. The standard InChI is InChI=1S/C16H16N2O3/c1-10-8-13-14(9-10)16(20)18(15(13)19)11-2-4-12(5-3-11)21-7-6-17/h2-5,10,13-14H,7-9H2,1H3. The third-order valence-corrected chi connectivity index (χ3v) is 4.27. The minimum atomic E-state index is -0.151. The molecule has 0 N–H and O–H groups in total. The molecular formula is C16H16N2O3. The largest absolute Gasteiger partial charge is 0.479 e. The summed E-state index contributed by atoms with van der Waals surface area (Å²) in [5, 5.41) is 8.46. The van der Waals surface area contributed by atoms with E-state index in [1.807, 2.05) is 6.07 Å². The smallest absolute Gasteiger partial charge is 0.237 e. The van der Waals surface area contributed by atoms with Crippen LogP contribution in [-0.4, -0.2) is 18.4 Å². The van der Waals surface area contributed by atoms with Gasteiger partial charge in [0, 0.05) is 0 Å². The summed E-state index contributed by atoms with van der Waals surface area (Å²) in [7, 11) is 0. The molecule has 21 heavy (non-hydrogen) atoms. The lowest BCUT2D eigenvalue weighted by Crippen LogP contribution is -2.32. The first-order valence-corrected chi connectivity index (χ1v) is 7.09. The zero-order valence-electron chi connectivity index (χ0n) is 11.8. The quantitative estimate of drug-likeness (QED) is 0.797. The Morgan fingerprint density at radius 1 is 1.19 bits per heavy atom. The van der Waals surface area contributed by atoms with E-state index in [-0.39, 0.29) is 30.3 Å². The summed E-state index contributed by atoms with van der Waals surface area (Å²) in [6, 6.07) is 8.61. The molecule has 1 heterocycles. The van der Waals surface area contributed by atoms with E-state index in [1.165, 1.54) is 4.90 Å². The van der Waals surface area contributed by atoms with Gasteiger partial charge in [-0.05, 0) is 43.0 Å². The number of carbonyl (C=O) groups excluding carboxylic acids is 2. The fourth-order valence-electron chi connectivity index (χ4n) is 3.34. The van der Waals surface area contributed by atoms with Crippen molar-refractivity contribution >= 4 is 17.5 Å². The first kappa shape index (κ1) is 13.6. The van der Waals surface area contributed by atoms with Crippen molar-refractivity contribution < 1.29 is 14.3 Å². The maximum Gasteiger partial charge on any atom is 0.237 e. The fourth-order valence-corrected chi connectivity index (χ4v) is 3.34. The third-order valence-electron chi connectivity index (χ3n) is 4.27. The van der Waals surface area contributed by atoms with E-state index in [0.29, 0.717) is 17.4 Å². The lowest BCUT2D eigenvalue weighted by atomic mass is 10.00. The highest BCUT2D eigenvalue weighted by molar-refractivity contribution is 6.22. The number of benzene rings is 1. The Morgan fingerprint density at radius 2 is 1.76 bits per heavy atom. The molecule has 0 radical (unpaired) electrons. The summed E-state index contributed by atoms with van der Waals surface area (Å²) >= 11 is 0.